The first kappa shape index (κ1) is 20.8. The lowest BCUT2D eigenvalue weighted by molar-refractivity contribution is 0.189. The summed E-state index contributed by atoms with van der Waals surface area (Å²) in [5.74, 6) is 1.54. The molecule has 0 aromatic carbocycles. The molecule has 2 fully saturated rings. The Morgan fingerprint density at radius 2 is 1.83 bits per heavy atom. The molecule has 1 aliphatic heterocycles. The van der Waals surface area contributed by atoms with Gasteiger partial charge in [0.05, 0.1) is 6.33 Å². The van der Waals surface area contributed by atoms with E-state index in [1.54, 1.807) is 0 Å². The van der Waals surface area contributed by atoms with Crippen LogP contribution in [0.3, 0.4) is 0 Å². The highest BCUT2D eigenvalue weighted by atomic mass is 35.5. The molecular formula is C21H34ClN7. The van der Waals surface area contributed by atoms with Gasteiger partial charge >= 0.3 is 0 Å². The van der Waals surface area contributed by atoms with E-state index < -0.39 is 0 Å². The number of halogens is 1. The molecular weight excluding hydrogens is 386 g/mol. The summed E-state index contributed by atoms with van der Waals surface area (Å²) in [6, 6.07) is 0.486. The van der Waals surface area contributed by atoms with E-state index in [0.717, 1.165) is 49.1 Å². The Bertz CT molecular complexity index is 790. The zero-order chi connectivity index (χ0) is 20.2. The monoisotopic (exact) mass is 419 g/mol. The van der Waals surface area contributed by atoms with Gasteiger partial charge in [0.1, 0.15) is 0 Å². The fourth-order valence-electron chi connectivity index (χ4n) is 4.81. The standard InChI is InChI=1S/C21H34ClN7/c1-3-27(4-2)12-9-16-10-13-28(14-11-16)26-19-18-20(25-21(22)24-19)29(15-23-18)17-7-5-6-8-17/h15-17H,3-14H2,1-2H3,(H,24,25,26). The van der Waals surface area contributed by atoms with Gasteiger partial charge in [-0.2, -0.15) is 9.97 Å². The van der Waals surface area contributed by atoms with Gasteiger partial charge in [0, 0.05) is 19.1 Å². The summed E-state index contributed by atoms with van der Waals surface area (Å²) in [5, 5.41) is 2.55. The van der Waals surface area contributed by atoms with Gasteiger partial charge in [0.25, 0.3) is 0 Å². The molecule has 2 aliphatic rings. The lowest BCUT2D eigenvalue weighted by Crippen LogP contribution is -2.39. The van der Waals surface area contributed by atoms with Crippen LogP contribution in [0.4, 0.5) is 5.82 Å². The molecule has 4 rings (SSSR count). The van der Waals surface area contributed by atoms with Gasteiger partial charge in [0.15, 0.2) is 17.0 Å². The third kappa shape index (κ3) is 4.84. The Morgan fingerprint density at radius 1 is 1.10 bits per heavy atom. The van der Waals surface area contributed by atoms with Gasteiger partial charge in [-0.15, -0.1) is 0 Å². The number of hydrogen-bond acceptors (Lipinski definition) is 6. The van der Waals surface area contributed by atoms with Crippen molar-refractivity contribution in [1.29, 1.82) is 0 Å². The maximum Gasteiger partial charge on any atom is 0.226 e. The highest BCUT2D eigenvalue weighted by Crippen LogP contribution is 2.33. The lowest BCUT2D eigenvalue weighted by Gasteiger charge is -2.33. The van der Waals surface area contributed by atoms with Crippen molar-refractivity contribution in [1.82, 2.24) is 29.4 Å². The molecule has 0 bridgehead atoms. The normalized spacial score (nSPS) is 19.6. The molecule has 3 heterocycles. The third-order valence-electron chi connectivity index (χ3n) is 6.74. The van der Waals surface area contributed by atoms with Crippen LogP contribution in [0, 0.1) is 5.92 Å². The third-order valence-corrected chi connectivity index (χ3v) is 6.91. The van der Waals surface area contributed by atoms with E-state index in [1.807, 2.05) is 6.33 Å². The van der Waals surface area contributed by atoms with Crippen LogP contribution in [-0.4, -0.2) is 62.2 Å². The van der Waals surface area contributed by atoms with E-state index in [-0.39, 0.29) is 5.28 Å². The topological polar surface area (TPSA) is 62.1 Å². The summed E-state index contributed by atoms with van der Waals surface area (Å²) in [6.45, 7) is 10.1. The lowest BCUT2D eigenvalue weighted by atomic mass is 9.94. The van der Waals surface area contributed by atoms with Crippen molar-refractivity contribution in [2.24, 2.45) is 5.92 Å². The minimum atomic E-state index is 0.286. The van der Waals surface area contributed by atoms with Crippen molar-refractivity contribution in [2.45, 2.75) is 64.8 Å². The molecule has 1 N–H and O–H groups in total. The van der Waals surface area contributed by atoms with Crippen molar-refractivity contribution in [3.8, 4) is 0 Å². The maximum absolute atomic E-state index is 6.27. The van der Waals surface area contributed by atoms with Crippen LogP contribution in [0.5, 0.6) is 0 Å². The van der Waals surface area contributed by atoms with Crippen LogP contribution in [0.1, 0.15) is 64.8 Å². The minimum Gasteiger partial charge on any atom is -0.312 e. The number of hydrazine groups is 1. The Labute approximate surface area is 178 Å². The number of hydrogen-bond donors (Lipinski definition) is 1. The number of rotatable bonds is 8. The predicted molar refractivity (Wildman–Crippen MR) is 118 cm³/mol. The van der Waals surface area contributed by atoms with Crippen LogP contribution >= 0.6 is 11.6 Å². The number of nitrogens with zero attached hydrogens (tertiary/aromatic N) is 6. The predicted octanol–water partition coefficient (Wildman–Crippen LogP) is 4.37. The molecule has 7 nitrogen and oxygen atoms in total. The molecule has 1 saturated heterocycles. The minimum absolute atomic E-state index is 0.286. The number of nitrogens with one attached hydrogen (secondary N) is 1. The Morgan fingerprint density at radius 3 is 2.52 bits per heavy atom. The first-order valence-electron chi connectivity index (χ1n) is 11.3. The number of imidazole rings is 1. The average molecular weight is 420 g/mol. The number of anilines is 1. The van der Waals surface area contributed by atoms with E-state index in [9.17, 15) is 0 Å². The van der Waals surface area contributed by atoms with Crippen molar-refractivity contribution < 1.29 is 0 Å². The largest absolute Gasteiger partial charge is 0.312 e. The maximum atomic E-state index is 6.27. The highest BCUT2D eigenvalue weighted by molar-refractivity contribution is 6.28. The van der Waals surface area contributed by atoms with E-state index in [1.165, 1.54) is 51.5 Å². The first-order chi connectivity index (χ1) is 14.2. The second kappa shape index (κ2) is 9.58. The van der Waals surface area contributed by atoms with Crippen LogP contribution in [0.25, 0.3) is 11.2 Å². The Balaban J connectivity index is 1.39. The number of fused-ring (bicyclic) bond motifs is 1. The van der Waals surface area contributed by atoms with Crippen LogP contribution in [0.15, 0.2) is 6.33 Å². The SMILES string of the molecule is CCN(CC)CCC1CCN(Nc2nc(Cl)nc3c2ncn3C2CCCC2)CC1. The zero-order valence-corrected chi connectivity index (χ0v) is 18.5. The van der Waals surface area contributed by atoms with Crippen molar-refractivity contribution in [2.75, 3.05) is 38.1 Å². The Hall–Kier alpha value is -1.44. The molecule has 2 aromatic heterocycles. The number of aromatic nitrogens is 4. The van der Waals surface area contributed by atoms with Crippen molar-refractivity contribution in [3.05, 3.63) is 11.6 Å². The molecule has 0 unspecified atom stereocenters. The summed E-state index contributed by atoms with van der Waals surface area (Å²) in [7, 11) is 0. The summed E-state index contributed by atoms with van der Waals surface area (Å²) in [4.78, 5) is 16.1. The molecule has 8 heteroatoms. The number of piperidine rings is 1. The molecule has 160 valence electrons. The summed E-state index contributed by atoms with van der Waals surface area (Å²) in [6.07, 6.45) is 10.6. The molecule has 1 saturated carbocycles. The van der Waals surface area contributed by atoms with Gasteiger partial charge < -0.3 is 14.9 Å². The smallest absolute Gasteiger partial charge is 0.226 e. The zero-order valence-electron chi connectivity index (χ0n) is 17.8. The van der Waals surface area contributed by atoms with Crippen LogP contribution < -0.4 is 5.43 Å². The Kier molecular flexibility index (Phi) is 6.88. The van der Waals surface area contributed by atoms with Gasteiger partial charge in [-0.1, -0.05) is 26.7 Å². The van der Waals surface area contributed by atoms with E-state index >= 15 is 0 Å². The van der Waals surface area contributed by atoms with E-state index in [2.05, 4.69) is 48.7 Å². The highest BCUT2D eigenvalue weighted by Gasteiger charge is 2.24. The molecule has 29 heavy (non-hydrogen) atoms. The van der Waals surface area contributed by atoms with Gasteiger partial charge in [-0.25, -0.2) is 9.99 Å². The second-order valence-electron chi connectivity index (χ2n) is 8.46. The molecule has 2 aromatic rings. The fraction of sp³-hybridized carbons (Fsp3) is 0.762. The van der Waals surface area contributed by atoms with Crippen LogP contribution in [-0.2, 0) is 0 Å². The molecule has 0 radical (unpaired) electrons. The molecule has 0 spiro atoms. The van der Waals surface area contributed by atoms with E-state index in [0.29, 0.717) is 6.04 Å². The van der Waals surface area contributed by atoms with Crippen molar-refractivity contribution >= 4 is 28.6 Å². The fourth-order valence-corrected chi connectivity index (χ4v) is 4.97. The van der Waals surface area contributed by atoms with Gasteiger partial charge in [-0.3, -0.25) is 0 Å². The first-order valence-corrected chi connectivity index (χ1v) is 11.7. The average Bonchev–Trinajstić information content (AvgIpc) is 3.39. The summed E-state index contributed by atoms with van der Waals surface area (Å²) < 4.78 is 2.19. The summed E-state index contributed by atoms with van der Waals surface area (Å²) >= 11 is 6.27. The molecule has 0 atom stereocenters. The quantitative estimate of drug-likeness (QED) is 0.641. The molecule has 1 aliphatic carbocycles. The van der Waals surface area contributed by atoms with E-state index in [4.69, 9.17) is 11.6 Å². The van der Waals surface area contributed by atoms with Gasteiger partial charge in [0.2, 0.25) is 5.28 Å². The van der Waals surface area contributed by atoms with Gasteiger partial charge in [-0.05, 0) is 69.3 Å². The van der Waals surface area contributed by atoms with Crippen molar-refractivity contribution in [3.63, 3.8) is 0 Å². The second-order valence-corrected chi connectivity index (χ2v) is 8.80. The summed E-state index contributed by atoms with van der Waals surface area (Å²) in [5.41, 5.74) is 5.17. The van der Waals surface area contributed by atoms with Crippen LogP contribution in [0.2, 0.25) is 5.28 Å². The molecule has 0 amide bonds.